The largest absolute Gasteiger partial charge is 0.444 e. The molecule has 1 saturated heterocycles. The fraction of sp³-hybridized carbons (Fsp3) is 0.647. The molecule has 0 aromatic carbocycles. The number of nitrogens with zero attached hydrogens (tertiary/aromatic N) is 3. The standard InChI is InChI=1S/C17H26N4O6S/c1-17(2,3)27-16(22)19-10-12-5-7-20(8-6-12)15-14(21(23)24)9-13(11-18-15)28(4,25)26/h9,11-12H,5-8,10H2,1-4H3,(H,19,22). The van der Waals surface area contributed by atoms with Gasteiger partial charge in [0.1, 0.15) is 5.60 Å². The second-order valence-electron chi connectivity index (χ2n) is 7.86. The molecule has 1 aliphatic rings. The maximum absolute atomic E-state index is 11.7. The number of piperidine rings is 1. The van der Waals surface area contributed by atoms with Gasteiger partial charge >= 0.3 is 11.8 Å². The number of carbonyl (C=O) groups is 1. The third-order valence-corrected chi connectivity index (χ3v) is 5.37. The summed E-state index contributed by atoms with van der Waals surface area (Å²) in [5.41, 5.74) is -0.885. The van der Waals surface area contributed by atoms with Crippen LogP contribution in [0.25, 0.3) is 0 Å². The first kappa shape index (κ1) is 21.9. The van der Waals surface area contributed by atoms with Crippen molar-refractivity contribution in [2.75, 3.05) is 30.8 Å². The molecule has 0 bridgehead atoms. The van der Waals surface area contributed by atoms with Crippen molar-refractivity contribution in [2.45, 2.75) is 44.1 Å². The van der Waals surface area contributed by atoms with Crippen molar-refractivity contribution in [3.8, 4) is 0 Å². The highest BCUT2D eigenvalue weighted by Gasteiger charge is 2.28. The molecule has 2 heterocycles. The van der Waals surface area contributed by atoms with Gasteiger partial charge in [-0.05, 0) is 39.5 Å². The van der Waals surface area contributed by atoms with Gasteiger partial charge in [0.25, 0.3) is 0 Å². The van der Waals surface area contributed by atoms with Gasteiger partial charge in [0.2, 0.25) is 5.82 Å². The van der Waals surface area contributed by atoms with Crippen LogP contribution in [0.5, 0.6) is 0 Å². The second kappa shape index (κ2) is 8.29. The minimum absolute atomic E-state index is 0.163. The van der Waals surface area contributed by atoms with Gasteiger partial charge < -0.3 is 15.0 Å². The quantitative estimate of drug-likeness (QED) is 0.572. The smallest absolute Gasteiger partial charge is 0.407 e. The van der Waals surface area contributed by atoms with Crippen molar-refractivity contribution < 1.29 is 22.9 Å². The highest BCUT2D eigenvalue weighted by atomic mass is 32.2. The molecule has 0 radical (unpaired) electrons. The number of alkyl carbamates (subject to hydrolysis) is 1. The molecular formula is C17H26N4O6S. The van der Waals surface area contributed by atoms with E-state index in [-0.39, 0.29) is 22.3 Å². The van der Waals surface area contributed by atoms with Gasteiger partial charge in [0, 0.05) is 38.2 Å². The van der Waals surface area contributed by atoms with Crippen LogP contribution in [0.1, 0.15) is 33.6 Å². The molecule has 2 rings (SSSR count). The lowest BCUT2D eigenvalue weighted by Crippen LogP contribution is -2.40. The van der Waals surface area contributed by atoms with Gasteiger partial charge in [0.15, 0.2) is 9.84 Å². The summed E-state index contributed by atoms with van der Waals surface area (Å²) in [7, 11) is -3.58. The Bertz CT molecular complexity index is 842. The molecule has 0 spiro atoms. The molecule has 1 aromatic heterocycles. The summed E-state index contributed by atoms with van der Waals surface area (Å²) in [5.74, 6) is 0.383. The van der Waals surface area contributed by atoms with Gasteiger partial charge in [-0.25, -0.2) is 18.2 Å². The molecule has 1 fully saturated rings. The maximum atomic E-state index is 11.7. The molecule has 1 aromatic rings. The topological polar surface area (TPSA) is 132 Å². The number of hydrogen-bond acceptors (Lipinski definition) is 8. The van der Waals surface area contributed by atoms with Crippen molar-refractivity contribution in [2.24, 2.45) is 5.92 Å². The number of anilines is 1. The van der Waals surface area contributed by atoms with Crippen LogP contribution in [0.15, 0.2) is 17.2 Å². The SMILES string of the molecule is CC(C)(C)OC(=O)NCC1CCN(c2ncc(S(C)(=O)=O)cc2[N+](=O)[O-])CC1. The zero-order valence-corrected chi connectivity index (χ0v) is 17.3. The molecule has 0 aliphatic carbocycles. The fourth-order valence-electron chi connectivity index (χ4n) is 2.90. The minimum Gasteiger partial charge on any atom is -0.444 e. The molecule has 156 valence electrons. The number of nitrogens with one attached hydrogen (secondary N) is 1. The lowest BCUT2D eigenvalue weighted by atomic mass is 9.97. The van der Waals surface area contributed by atoms with E-state index < -0.39 is 26.5 Å². The van der Waals surface area contributed by atoms with E-state index in [2.05, 4.69) is 10.3 Å². The van der Waals surface area contributed by atoms with Crippen LogP contribution in [0.4, 0.5) is 16.3 Å². The van der Waals surface area contributed by atoms with Gasteiger partial charge in [-0.2, -0.15) is 0 Å². The van der Waals surface area contributed by atoms with Crippen molar-refractivity contribution in [3.05, 3.63) is 22.4 Å². The van der Waals surface area contributed by atoms with Crippen LogP contribution < -0.4 is 10.2 Å². The van der Waals surface area contributed by atoms with Crippen molar-refractivity contribution in [1.82, 2.24) is 10.3 Å². The number of carbonyl (C=O) groups excluding carboxylic acids is 1. The molecule has 10 nitrogen and oxygen atoms in total. The van der Waals surface area contributed by atoms with E-state index in [1.54, 1.807) is 25.7 Å². The maximum Gasteiger partial charge on any atom is 0.407 e. The average Bonchev–Trinajstić information content (AvgIpc) is 2.57. The van der Waals surface area contributed by atoms with Gasteiger partial charge in [-0.3, -0.25) is 10.1 Å². The third kappa shape index (κ3) is 6.04. The van der Waals surface area contributed by atoms with Crippen LogP contribution in [0.2, 0.25) is 0 Å². The molecule has 0 unspecified atom stereocenters. The van der Waals surface area contributed by atoms with Crippen LogP contribution in [-0.2, 0) is 14.6 Å². The van der Waals surface area contributed by atoms with Gasteiger partial charge in [-0.1, -0.05) is 0 Å². The number of ether oxygens (including phenoxy) is 1. The van der Waals surface area contributed by atoms with Crippen LogP contribution in [0.3, 0.4) is 0 Å². The predicted molar refractivity (Wildman–Crippen MR) is 103 cm³/mol. The van der Waals surface area contributed by atoms with Crippen LogP contribution in [-0.4, -0.2) is 55.9 Å². The first-order valence-corrected chi connectivity index (χ1v) is 10.8. The van der Waals surface area contributed by atoms with Crippen LogP contribution in [0, 0.1) is 16.0 Å². The molecule has 0 atom stereocenters. The van der Waals surface area contributed by atoms with Crippen LogP contribution >= 0.6 is 0 Å². The summed E-state index contributed by atoms with van der Waals surface area (Å²) in [5, 5.41) is 14.1. The first-order chi connectivity index (χ1) is 12.9. The Morgan fingerprint density at radius 2 is 2.00 bits per heavy atom. The van der Waals surface area contributed by atoms with Crippen molar-refractivity contribution >= 4 is 27.4 Å². The zero-order chi connectivity index (χ0) is 21.1. The third-order valence-electron chi connectivity index (χ3n) is 4.30. The van der Waals surface area contributed by atoms with E-state index >= 15 is 0 Å². The molecule has 1 aliphatic heterocycles. The monoisotopic (exact) mass is 414 g/mol. The molecule has 28 heavy (non-hydrogen) atoms. The van der Waals surface area contributed by atoms with Crippen molar-refractivity contribution in [1.29, 1.82) is 0 Å². The fourth-order valence-corrected chi connectivity index (χ4v) is 3.47. The number of sulfone groups is 1. The highest BCUT2D eigenvalue weighted by Crippen LogP contribution is 2.31. The first-order valence-electron chi connectivity index (χ1n) is 8.93. The van der Waals surface area contributed by atoms with E-state index in [9.17, 15) is 23.3 Å². The summed E-state index contributed by atoms with van der Waals surface area (Å²) in [6, 6.07) is 1.05. The molecule has 1 N–H and O–H groups in total. The summed E-state index contributed by atoms with van der Waals surface area (Å²) in [6.45, 7) is 6.88. The predicted octanol–water partition coefficient (Wildman–Crippen LogP) is 2.13. The summed E-state index contributed by atoms with van der Waals surface area (Å²) >= 11 is 0. The summed E-state index contributed by atoms with van der Waals surface area (Å²) < 4.78 is 28.5. The Labute approximate surface area is 164 Å². The Morgan fingerprint density at radius 3 is 2.50 bits per heavy atom. The molecule has 11 heteroatoms. The number of nitro groups is 1. The van der Waals surface area contributed by atoms with Gasteiger partial charge in [-0.15, -0.1) is 0 Å². The highest BCUT2D eigenvalue weighted by molar-refractivity contribution is 7.90. The van der Waals surface area contributed by atoms with E-state index in [1.807, 2.05) is 0 Å². The number of rotatable bonds is 5. The Balaban J connectivity index is 1.99. The Hall–Kier alpha value is -2.43. The van der Waals surface area contributed by atoms with E-state index in [1.165, 1.54) is 0 Å². The lowest BCUT2D eigenvalue weighted by Gasteiger charge is -2.32. The van der Waals surface area contributed by atoms with E-state index in [4.69, 9.17) is 4.74 Å². The molecular weight excluding hydrogens is 388 g/mol. The number of aromatic nitrogens is 1. The summed E-state index contributed by atoms with van der Waals surface area (Å²) in [4.78, 5) is 28.1. The number of amides is 1. The normalized spacial score (nSPS) is 15.9. The number of pyridine rings is 1. The number of hydrogen-bond donors (Lipinski definition) is 1. The second-order valence-corrected chi connectivity index (χ2v) is 9.87. The molecule has 1 amide bonds. The Morgan fingerprint density at radius 1 is 1.39 bits per heavy atom. The van der Waals surface area contributed by atoms with E-state index in [0.717, 1.165) is 18.5 Å². The van der Waals surface area contributed by atoms with Crippen molar-refractivity contribution in [3.63, 3.8) is 0 Å². The minimum atomic E-state index is -3.58. The lowest BCUT2D eigenvalue weighted by molar-refractivity contribution is -0.384. The Kier molecular flexibility index (Phi) is 6.48. The summed E-state index contributed by atoms with van der Waals surface area (Å²) in [6.07, 6.45) is 3.08. The zero-order valence-electron chi connectivity index (χ0n) is 16.5. The van der Waals surface area contributed by atoms with Gasteiger partial charge in [0.05, 0.1) is 9.82 Å². The van der Waals surface area contributed by atoms with E-state index in [0.29, 0.717) is 32.5 Å². The average molecular weight is 414 g/mol. The molecule has 0 saturated carbocycles.